The van der Waals surface area contributed by atoms with Crippen LogP contribution in [0.2, 0.25) is 0 Å². The van der Waals surface area contributed by atoms with Crippen LogP contribution in [0.5, 0.6) is 0 Å². The minimum absolute atomic E-state index is 0.412. The molecular weight excluding hydrogens is 188 g/mol. The van der Waals surface area contributed by atoms with Crippen molar-refractivity contribution >= 4 is 12.0 Å². The standard InChI is InChI=1S/C12H10N2O/c13-11-6-2-1-4-9(11)10-5-3-7-14-12(10)8-15/h1-8H,13H2. The van der Waals surface area contributed by atoms with Gasteiger partial charge in [-0.25, -0.2) is 0 Å². The Hall–Kier alpha value is -2.16. The molecule has 0 radical (unpaired) electrons. The quantitative estimate of drug-likeness (QED) is 0.594. The predicted molar refractivity (Wildman–Crippen MR) is 59.5 cm³/mol. The Bertz CT molecular complexity index is 494. The number of aldehydes is 1. The zero-order chi connectivity index (χ0) is 10.7. The molecule has 0 aliphatic heterocycles. The van der Waals surface area contributed by atoms with Crippen LogP contribution < -0.4 is 5.73 Å². The van der Waals surface area contributed by atoms with Crippen molar-refractivity contribution in [1.29, 1.82) is 0 Å². The number of aromatic nitrogens is 1. The zero-order valence-electron chi connectivity index (χ0n) is 8.05. The molecule has 0 amide bonds. The third-order valence-corrected chi connectivity index (χ3v) is 2.20. The summed E-state index contributed by atoms with van der Waals surface area (Å²) in [6, 6.07) is 11.0. The maximum atomic E-state index is 10.8. The van der Waals surface area contributed by atoms with Gasteiger partial charge in [0.25, 0.3) is 0 Å². The van der Waals surface area contributed by atoms with Gasteiger partial charge in [-0.15, -0.1) is 0 Å². The van der Waals surface area contributed by atoms with Crippen LogP contribution in [0, 0.1) is 0 Å². The predicted octanol–water partition coefficient (Wildman–Crippen LogP) is 2.14. The van der Waals surface area contributed by atoms with Gasteiger partial charge in [0.15, 0.2) is 6.29 Å². The molecule has 2 aromatic rings. The van der Waals surface area contributed by atoms with Gasteiger partial charge in [0.1, 0.15) is 5.69 Å². The Morgan fingerprint density at radius 3 is 2.53 bits per heavy atom. The molecule has 1 aromatic heterocycles. The summed E-state index contributed by atoms with van der Waals surface area (Å²) in [7, 11) is 0. The summed E-state index contributed by atoms with van der Waals surface area (Å²) in [6.45, 7) is 0. The highest BCUT2D eigenvalue weighted by Gasteiger charge is 2.06. The molecule has 1 aromatic carbocycles. The van der Waals surface area contributed by atoms with Gasteiger partial charge >= 0.3 is 0 Å². The Morgan fingerprint density at radius 2 is 1.80 bits per heavy atom. The van der Waals surface area contributed by atoms with Gasteiger partial charge in [-0.1, -0.05) is 24.3 Å². The Balaban J connectivity index is 2.64. The van der Waals surface area contributed by atoms with E-state index in [1.165, 1.54) is 0 Å². The molecule has 0 atom stereocenters. The van der Waals surface area contributed by atoms with E-state index in [1.807, 2.05) is 24.3 Å². The molecule has 3 heteroatoms. The van der Waals surface area contributed by atoms with Crippen molar-refractivity contribution in [3.63, 3.8) is 0 Å². The molecule has 0 aliphatic rings. The summed E-state index contributed by atoms with van der Waals surface area (Å²) in [5.41, 5.74) is 8.50. The average Bonchev–Trinajstić information content (AvgIpc) is 2.30. The van der Waals surface area contributed by atoms with Gasteiger partial charge in [-0.2, -0.15) is 0 Å². The third kappa shape index (κ3) is 1.72. The molecule has 0 saturated carbocycles. The van der Waals surface area contributed by atoms with Crippen LogP contribution in [-0.4, -0.2) is 11.3 Å². The molecule has 2 rings (SSSR count). The Kier molecular flexibility index (Phi) is 2.46. The number of rotatable bonds is 2. The summed E-state index contributed by atoms with van der Waals surface area (Å²) in [5.74, 6) is 0. The second-order valence-electron chi connectivity index (χ2n) is 3.14. The number of nitrogens with two attached hydrogens (primary N) is 1. The van der Waals surface area contributed by atoms with Gasteiger partial charge in [-0.05, 0) is 12.1 Å². The van der Waals surface area contributed by atoms with E-state index >= 15 is 0 Å². The van der Waals surface area contributed by atoms with Gasteiger partial charge < -0.3 is 5.73 Å². The monoisotopic (exact) mass is 198 g/mol. The molecule has 0 spiro atoms. The maximum Gasteiger partial charge on any atom is 0.169 e. The van der Waals surface area contributed by atoms with Crippen molar-refractivity contribution in [1.82, 2.24) is 4.98 Å². The minimum atomic E-state index is 0.412. The number of hydrogen-bond donors (Lipinski definition) is 1. The molecule has 1 heterocycles. The van der Waals surface area contributed by atoms with Gasteiger partial charge in [-0.3, -0.25) is 9.78 Å². The second-order valence-corrected chi connectivity index (χ2v) is 3.14. The molecule has 3 nitrogen and oxygen atoms in total. The topological polar surface area (TPSA) is 56.0 Å². The first-order chi connectivity index (χ1) is 7.33. The van der Waals surface area contributed by atoms with Crippen LogP contribution in [0.25, 0.3) is 11.1 Å². The highest BCUT2D eigenvalue weighted by atomic mass is 16.1. The summed E-state index contributed by atoms with van der Waals surface area (Å²) in [6.07, 6.45) is 2.33. The average molecular weight is 198 g/mol. The third-order valence-electron chi connectivity index (χ3n) is 2.20. The molecule has 2 N–H and O–H groups in total. The Labute approximate surface area is 87.6 Å². The maximum absolute atomic E-state index is 10.8. The van der Waals surface area contributed by atoms with Crippen molar-refractivity contribution in [3.05, 3.63) is 48.3 Å². The molecule has 0 fully saturated rings. The van der Waals surface area contributed by atoms with Crippen LogP contribution in [-0.2, 0) is 0 Å². The number of nitrogen functional groups attached to an aromatic ring is 1. The molecule has 0 aliphatic carbocycles. The van der Waals surface area contributed by atoms with Crippen molar-refractivity contribution in [2.75, 3.05) is 5.73 Å². The fourth-order valence-corrected chi connectivity index (χ4v) is 1.48. The highest BCUT2D eigenvalue weighted by Crippen LogP contribution is 2.26. The fourth-order valence-electron chi connectivity index (χ4n) is 1.48. The van der Waals surface area contributed by atoms with E-state index in [-0.39, 0.29) is 0 Å². The molecule has 15 heavy (non-hydrogen) atoms. The molecule has 0 bridgehead atoms. The summed E-state index contributed by atoms with van der Waals surface area (Å²) < 4.78 is 0. The SMILES string of the molecule is Nc1ccccc1-c1cccnc1C=O. The summed E-state index contributed by atoms with van der Waals surface area (Å²) in [5, 5.41) is 0. The lowest BCUT2D eigenvalue weighted by Gasteiger charge is -2.06. The van der Waals surface area contributed by atoms with Crippen LogP contribution in [0.1, 0.15) is 10.5 Å². The van der Waals surface area contributed by atoms with Crippen LogP contribution in [0.4, 0.5) is 5.69 Å². The summed E-state index contributed by atoms with van der Waals surface area (Å²) >= 11 is 0. The number of anilines is 1. The number of carbonyl (C=O) groups excluding carboxylic acids is 1. The first-order valence-corrected chi connectivity index (χ1v) is 4.58. The number of benzene rings is 1. The molecule has 74 valence electrons. The van der Waals surface area contributed by atoms with Crippen molar-refractivity contribution in [2.45, 2.75) is 0 Å². The van der Waals surface area contributed by atoms with Gasteiger partial charge in [0.2, 0.25) is 0 Å². The number of carbonyl (C=O) groups is 1. The molecule has 0 saturated heterocycles. The van der Waals surface area contributed by atoms with Crippen molar-refractivity contribution < 1.29 is 4.79 Å². The largest absolute Gasteiger partial charge is 0.398 e. The van der Waals surface area contributed by atoms with E-state index in [1.54, 1.807) is 18.3 Å². The van der Waals surface area contributed by atoms with E-state index < -0.39 is 0 Å². The summed E-state index contributed by atoms with van der Waals surface area (Å²) in [4.78, 5) is 14.8. The zero-order valence-corrected chi connectivity index (χ0v) is 8.05. The van der Waals surface area contributed by atoms with E-state index in [4.69, 9.17) is 5.73 Å². The lowest BCUT2D eigenvalue weighted by molar-refractivity contribution is 0.111. The van der Waals surface area contributed by atoms with Crippen LogP contribution in [0.3, 0.4) is 0 Å². The van der Waals surface area contributed by atoms with Crippen molar-refractivity contribution in [3.8, 4) is 11.1 Å². The molecular formula is C12H10N2O. The van der Waals surface area contributed by atoms with E-state index in [0.29, 0.717) is 11.4 Å². The second kappa shape index (κ2) is 3.92. The lowest BCUT2D eigenvalue weighted by atomic mass is 10.0. The van der Waals surface area contributed by atoms with E-state index in [9.17, 15) is 4.79 Å². The number of hydrogen-bond acceptors (Lipinski definition) is 3. The first-order valence-electron chi connectivity index (χ1n) is 4.58. The van der Waals surface area contributed by atoms with E-state index in [2.05, 4.69) is 4.98 Å². The van der Waals surface area contributed by atoms with Crippen LogP contribution >= 0.6 is 0 Å². The Morgan fingerprint density at radius 1 is 1.07 bits per heavy atom. The number of para-hydroxylation sites is 1. The van der Waals surface area contributed by atoms with Gasteiger partial charge in [0, 0.05) is 23.0 Å². The first kappa shape index (κ1) is 9.40. The number of nitrogens with zero attached hydrogens (tertiary/aromatic N) is 1. The fraction of sp³-hybridized carbons (Fsp3) is 0. The normalized spacial score (nSPS) is 9.87. The smallest absolute Gasteiger partial charge is 0.169 e. The van der Waals surface area contributed by atoms with Crippen molar-refractivity contribution in [2.24, 2.45) is 0 Å². The number of pyridine rings is 1. The lowest BCUT2D eigenvalue weighted by Crippen LogP contribution is -1.94. The minimum Gasteiger partial charge on any atom is -0.398 e. The van der Waals surface area contributed by atoms with Gasteiger partial charge in [0.05, 0.1) is 0 Å². The van der Waals surface area contributed by atoms with Crippen LogP contribution in [0.15, 0.2) is 42.6 Å². The van der Waals surface area contributed by atoms with E-state index in [0.717, 1.165) is 17.4 Å². The molecule has 0 unspecified atom stereocenters. The highest BCUT2D eigenvalue weighted by molar-refractivity contribution is 5.88.